The lowest BCUT2D eigenvalue weighted by Crippen LogP contribution is -2.39. The van der Waals surface area contributed by atoms with E-state index in [4.69, 9.17) is 19.2 Å². The first-order chi connectivity index (χ1) is 17.6. The van der Waals surface area contributed by atoms with E-state index in [0.717, 1.165) is 41.5 Å². The number of nitrogens with zero attached hydrogens (tertiary/aromatic N) is 2. The molecule has 0 spiro atoms. The van der Waals surface area contributed by atoms with Crippen molar-refractivity contribution in [2.24, 2.45) is 5.92 Å². The fraction of sp³-hybridized carbons (Fsp3) is 0.321. The number of anilines is 1. The standard InChI is InChI=1S/C28H26N2O5S/c1-3-13-34-18-8-6-7-16(14-18)24-23-25(31)19-9-4-5-10-21(19)35-26(23)27(32)30(24)28-29-20-12-11-17(33-2)15-22(20)36-28/h3,6-8,11-12,14-15,19,21,24H,1,4-5,9-10,13H2,2H3. The molecule has 0 N–H and O–H groups in total. The highest BCUT2D eigenvalue weighted by molar-refractivity contribution is 7.22. The molecule has 36 heavy (non-hydrogen) atoms. The average molecular weight is 503 g/mol. The molecule has 0 saturated heterocycles. The zero-order valence-corrected chi connectivity index (χ0v) is 20.8. The third kappa shape index (κ3) is 3.67. The van der Waals surface area contributed by atoms with Gasteiger partial charge in [-0.25, -0.2) is 4.98 Å². The molecule has 1 amide bonds. The molecule has 1 saturated carbocycles. The first-order valence-corrected chi connectivity index (χ1v) is 13.0. The number of benzene rings is 2. The van der Waals surface area contributed by atoms with E-state index in [-0.39, 0.29) is 29.5 Å². The van der Waals surface area contributed by atoms with Crippen LogP contribution >= 0.6 is 11.3 Å². The molecule has 6 rings (SSSR count). The van der Waals surface area contributed by atoms with Crippen molar-refractivity contribution in [2.75, 3.05) is 18.6 Å². The maximum atomic E-state index is 13.9. The predicted molar refractivity (Wildman–Crippen MR) is 137 cm³/mol. The molecule has 2 aromatic carbocycles. The molecule has 1 aromatic heterocycles. The van der Waals surface area contributed by atoms with Crippen LogP contribution in [-0.2, 0) is 14.3 Å². The monoisotopic (exact) mass is 502 g/mol. The first-order valence-electron chi connectivity index (χ1n) is 12.2. The number of fused-ring (bicyclic) bond motifs is 2. The minimum absolute atomic E-state index is 0.0157. The molecular formula is C28H26N2O5S. The number of ketones is 1. The van der Waals surface area contributed by atoms with Gasteiger partial charge in [0.25, 0.3) is 5.91 Å². The first kappa shape index (κ1) is 22.8. The van der Waals surface area contributed by atoms with Crippen LogP contribution in [0.1, 0.15) is 37.3 Å². The van der Waals surface area contributed by atoms with Gasteiger partial charge in [0.05, 0.1) is 34.9 Å². The van der Waals surface area contributed by atoms with Crippen molar-refractivity contribution in [3.8, 4) is 11.5 Å². The molecule has 3 aliphatic rings. The summed E-state index contributed by atoms with van der Waals surface area (Å²) in [7, 11) is 1.62. The molecule has 7 nitrogen and oxygen atoms in total. The predicted octanol–water partition coefficient (Wildman–Crippen LogP) is 5.37. The molecule has 0 radical (unpaired) electrons. The zero-order chi connectivity index (χ0) is 24.8. The van der Waals surface area contributed by atoms with Crippen LogP contribution in [0.4, 0.5) is 5.13 Å². The number of thiazole rings is 1. The van der Waals surface area contributed by atoms with Crippen LogP contribution in [-0.4, -0.2) is 36.5 Å². The molecule has 184 valence electrons. The van der Waals surface area contributed by atoms with E-state index in [1.54, 1.807) is 18.1 Å². The van der Waals surface area contributed by atoms with Crippen LogP contribution in [0.15, 0.2) is 66.5 Å². The lowest BCUT2D eigenvalue weighted by Gasteiger charge is -2.35. The fourth-order valence-corrected chi connectivity index (χ4v) is 6.43. The highest BCUT2D eigenvalue weighted by atomic mass is 32.1. The summed E-state index contributed by atoms with van der Waals surface area (Å²) in [5, 5.41) is 0.513. The number of Topliss-reactive ketones (excluding diaryl/α,β-unsaturated/α-hetero) is 1. The highest BCUT2D eigenvalue weighted by Crippen LogP contribution is 2.49. The summed E-state index contributed by atoms with van der Waals surface area (Å²) in [5.41, 5.74) is 1.97. The summed E-state index contributed by atoms with van der Waals surface area (Å²) >= 11 is 1.39. The highest BCUT2D eigenvalue weighted by Gasteiger charge is 2.53. The minimum atomic E-state index is -0.641. The fourth-order valence-electron chi connectivity index (χ4n) is 5.41. The molecule has 8 heteroatoms. The maximum Gasteiger partial charge on any atom is 0.296 e. The zero-order valence-electron chi connectivity index (χ0n) is 19.9. The van der Waals surface area contributed by atoms with Gasteiger partial charge in [0.1, 0.15) is 24.2 Å². The van der Waals surface area contributed by atoms with Gasteiger partial charge in [0.2, 0.25) is 0 Å². The number of aromatic nitrogens is 1. The van der Waals surface area contributed by atoms with Crippen LogP contribution < -0.4 is 14.4 Å². The van der Waals surface area contributed by atoms with E-state index < -0.39 is 6.04 Å². The van der Waals surface area contributed by atoms with Gasteiger partial charge >= 0.3 is 0 Å². The van der Waals surface area contributed by atoms with Crippen molar-refractivity contribution >= 4 is 38.4 Å². The molecule has 1 aliphatic carbocycles. The van der Waals surface area contributed by atoms with Gasteiger partial charge in [-0.15, -0.1) is 0 Å². The van der Waals surface area contributed by atoms with Crippen molar-refractivity contribution < 1.29 is 23.8 Å². The number of carbonyl (C=O) groups excluding carboxylic acids is 2. The van der Waals surface area contributed by atoms with Crippen LogP contribution in [0, 0.1) is 5.92 Å². The Hall–Kier alpha value is -3.65. The number of hydrogen-bond donors (Lipinski definition) is 0. The SMILES string of the molecule is C=CCOc1cccc(C2C3=C(OC4CCCCC4C3=O)C(=O)N2c2nc3ccc(OC)cc3s2)c1. The molecule has 3 unspecified atom stereocenters. The summed E-state index contributed by atoms with van der Waals surface area (Å²) in [6, 6.07) is 12.5. The Balaban J connectivity index is 1.48. The molecule has 2 aliphatic heterocycles. The van der Waals surface area contributed by atoms with Gasteiger partial charge in [-0.05, 0) is 55.2 Å². The van der Waals surface area contributed by atoms with Gasteiger partial charge in [0, 0.05) is 0 Å². The van der Waals surface area contributed by atoms with Gasteiger partial charge in [-0.2, -0.15) is 0 Å². The Labute approximate surface area is 213 Å². The summed E-state index contributed by atoms with van der Waals surface area (Å²) in [5.74, 6) is 1.00. The van der Waals surface area contributed by atoms with E-state index >= 15 is 0 Å². The molecular weight excluding hydrogens is 476 g/mol. The number of hydrogen-bond acceptors (Lipinski definition) is 7. The second-order valence-electron chi connectivity index (χ2n) is 9.23. The second kappa shape index (κ2) is 9.09. The average Bonchev–Trinajstić information content (AvgIpc) is 3.45. The third-order valence-corrected chi connectivity index (χ3v) is 8.11. The van der Waals surface area contributed by atoms with E-state index in [1.165, 1.54) is 11.3 Å². The number of amides is 1. The van der Waals surface area contributed by atoms with Crippen LogP contribution in [0.2, 0.25) is 0 Å². The molecule has 1 fully saturated rings. The second-order valence-corrected chi connectivity index (χ2v) is 10.2. The van der Waals surface area contributed by atoms with Crippen molar-refractivity contribution in [1.82, 2.24) is 4.98 Å². The smallest absolute Gasteiger partial charge is 0.296 e. The van der Waals surface area contributed by atoms with Crippen molar-refractivity contribution in [2.45, 2.75) is 37.8 Å². The third-order valence-electron chi connectivity index (χ3n) is 7.10. The Bertz CT molecular complexity index is 1410. The summed E-state index contributed by atoms with van der Waals surface area (Å²) < 4.78 is 18.3. The number of methoxy groups -OCH3 is 1. The lowest BCUT2D eigenvalue weighted by atomic mass is 9.77. The molecule has 3 aromatic rings. The lowest BCUT2D eigenvalue weighted by molar-refractivity contribution is -0.131. The number of rotatable bonds is 6. The van der Waals surface area contributed by atoms with Gasteiger partial charge < -0.3 is 14.2 Å². The van der Waals surface area contributed by atoms with Gasteiger partial charge in [-0.3, -0.25) is 14.5 Å². The topological polar surface area (TPSA) is 78.0 Å². The van der Waals surface area contributed by atoms with E-state index in [0.29, 0.717) is 28.8 Å². The Kier molecular flexibility index (Phi) is 5.76. The number of ether oxygens (including phenoxy) is 3. The van der Waals surface area contributed by atoms with Crippen molar-refractivity contribution in [1.29, 1.82) is 0 Å². The van der Waals surface area contributed by atoms with E-state index in [9.17, 15) is 9.59 Å². The summed E-state index contributed by atoms with van der Waals surface area (Å²) in [6.07, 6.45) is 5.00. The minimum Gasteiger partial charge on any atom is -0.497 e. The van der Waals surface area contributed by atoms with Gasteiger partial charge in [0.15, 0.2) is 16.7 Å². The number of carbonyl (C=O) groups is 2. The molecule has 3 atom stereocenters. The van der Waals surface area contributed by atoms with E-state index in [1.807, 2.05) is 42.5 Å². The van der Waals surface area contributed by atoms with Crippen molar-refractivity contribution in [3.05, 3.63) is 72.0 Å². The van der Waals surface area contributed by atoms with Gasteiger partial charge in [-0.1, -0.05) is 42.5 Å². The Morgan fingerprint density at radius 1 is 1.17 bits per heavy atom. The summed E-state index contributed by atoms with van der Waals surface area (Å²) in [4.78, 5) is 34.1. The molecule has 3 heterocycles. The van der Waals surface area contributed by atoms with Crippen LogP contribution in [0.3, 0.4) is 0 Å². The normalized spacial score (nSPS) is 23.4. The Morgan fingerprint density at radius 3 is 2.86 bits per heavy atom. The van der Waals surface area contributed by atoms with E-state index in [2.05, 4.69) is 6.58 Å². The largest absolute Gasteiger partial charge is 0.497 e. The van der Waals surface area contributed by atoms with Crippen LogP contribution in [0.25, 0.3) is 10.2 Å². The summed E-state index contributed by atoms with van der Waals surface area (Å²) in [6.45, 7) is 4.07. The van der Waals surface area contributed by atoms with Crippen LogP contribution in [0.5, 0.6) is 11.5 Å². The quantitative estimate of drug-likeness (QED) is 0.422. The van der Waals surface area contributed by atoms with Crippen molar-refractivity contribution in [3.63, 3.8) is 0 Å². The maximum absolute atomic E-state index is 13.9. The Morgan fingerprint density at radius 2 is 2.03 bits per heavy atom. The molecule has 0 bridgehead atoms.